The molecule has 2 fully saturated rings. The molecule has 4 atom stereocenters. The second-order valence-corrected chi connectivity index (χ2v) is 10.7. The highest BCUT2D eigenvalue weighted by Crippen LogP contribution is 2.51. The Labute approximate surface area is 198 Å². The zero-order valence-electron chi connectivity index (χ0n) is 17.9. The summed E-state index contributed by atoms with van der Waals surface area (Å²) in [5.41, 5.74) is 0.635. The molecule has 1 aliphatic carbocycles. The van der Waals surface area contributed by atoms with Crippen LogP contribution < -0.4 is 5.32 Å². The largest absolute Gasteiger partial charge is 0.393 e. The van der Waals surface area contributed by atoms with Crippen molar-refractivity contribution in [2.45, 2.75) is 61.6 Å². The molecule has 3 heterocycles. The van der Waals surface area contributed by atoms with Gasteiger partial charge in [-0.25, -0.2) is 4.98 Å². The summed E-state index contributed by atoms with van der Waals surface area (Å²) in [4.78, 5) is 31.7. The fourth-order valence-electron chi connectivity index (χ4n) is 4.18. The van der Waals surface area contributed by atoms with Crippen molar-refractivity contribution in [2.75, 3.05) is 25.1 Å². The van der Waals surface area contributed by atoms with Gasteiger partial charge in [-0.15, -0.1) is 0 Å². The van der Waals surface area contributed by atoms with Crippen LogP contribution in [0.5, 0.6) is 0 Å². The summed E-state index contributed by atoms with van der Waals surface area (Å²) < 4.78 is 23.9. The Morgan fingerprint density at radius 1 is 1.21 bits per heavy atom. The van der Waals surface area contributed by atoms with E-state index in [4.69, 9.17) is 21.1 Å². The average molecular weight is 524 g/mol. The molecule has 1 saturated heterocycles. The first kappa shape index (κ1) is 25.6. The van der Waals surface area contributed by atoms with Gasteiger partial charge in [0.05, 0.1) is 26.1 Å². The van der Waals surface area contributed by atoms with Crippen LogP contribution in [-0.4, -0.2) is 99.2 Å². The smallest absolute Gasteiger partial charge is 0.361 e. The Hall–Kier alpha value is -1.45. The number of hydrogen-bond donors (Lipinski definition) is 7. The third kappa shape index (κ3) is 4.67. The van der Waals surface area contributed by atoms with E-state index in [0.717, 1.165) is 25.7 Å². The van der Waals surface area contributed by atoms with Crippen molar-refractivity contribution < 1.29 is 44.3 Å². The molecule has 0 spiro atoms. The van der Waals surface area contributed by atoms with Crippen molar-refractivity contribution >= 4 is 36.2 Å². The summed E-state index contributed by atoms with van der Waals surface area (Å²) in [5, 5.41) is 40.6. The van der Waals surface area contributed by atoms with E-state index in [0.29, 0.717) is 11.3 Å². The second kappa shape index (κ2) is 9.90. The highest BCUT2D eigenvalue weighted by atomic mass is 35.5. The predicted octanol–water partition coefficient (Wildman–Crippen LogP) is -0.671. The van der Waals surface area contributed by atoms with Crippen molar-refractivity contribution in [3.8, 4) is 0 Å². The summed E-state index contributed by atoms with van der Waals surface area (Å²) in [5.74, 6) is 0.436. The Bertz CT molecular complexity index is 1060. The van der Waals surface area contributed by atoms with Gasteiger partial charge >= 0.3 is 7.60 Å². The van der Waals surface area contributed by atoms with Crippen LogP contribution in [0.4, 0.5) is 5.82 Å². The van der Waals surface area contributed by atoms with Crippen LogP contribution in [0.1, 0.15) is 31.9 Å². The normalized spacial score (nSPS) is 26.6. The third-order valence-corrected chi connectivity index (χ3v) is 7.89. The summed E-state index contributed by atoms with van der Waals surface area (Å²) in [6, 6.07) is 0.225. The van der Waals surface area contributed by atoms with E-state index in [2.05, 4.69) is 20.3 Å². The number of halogens is 1. The van der Waals surface area contributed by atoms with Crippen molar-refractivity contribution in [1.82, 2.24) is 19.5 Å². The lowest BCUT2D eigenvalue weighted by atomic mass is 10.1. The van der Waals surface area contributed by atoms with Crippen molar-refractivity contribution in [1.29, 1.82) is 0 Å². The fourth-order valence-corrected chi connectivity index (χ4v) is 4.96. The lowest BCUT2D eigenvalue weighted by molar-refractivity contribution is -0.120. The molecular formula is C18H27ClN5O9P. The Kier molecular flexibility index (Phi) is 7.46. The molecular weight excluding hydrogens is 497 g/mol. The molecule has 0 aromatic carbocycles. The van der Waals surface area contributed by atoms with Gasteiger partial charge < -0.3 is 45.0 Å². The quantitative estimate of drug-likeness (QED) is 0.161. The van der Waals surface area contributed by atoms with Crippen LogP contribution in [0.3, 0.4) is 0 Å². The maximum atomic E-state index is 11.7. The third-order valence-electron chi connectivity index (χ3n) is 6.24. The molecule has 1 aliphatic heterocycles. The van der Waals surface area contributed by atoms with Crippen LogP contribution in [-0.2, 0) is 14.0 Å². The Morgan fingerprint density at radius 3 is 2.50 bits per heavy atom. The maximum Gasteiger partial charge on any atom is 0.361 e. The van der Waals surface area contributed by atoms with E-state index in [1.807, 2.05) is 0 Å². The van der Waals surface area contributed by atoms with Crippen LogP contribution in [0.2, 0.25) is 5.28 Å². The first-order chi connectivity index (χ1) is 16.1. The van der Waals surface area contributed by atoms with Gasteiger partial charge in [0, 0.05) is 6.04 Å². The number of fused-ring (bicyclic) bond motifs is 1. The van der Waals surface area contributed by atoms with Crippen molar-refractivity contribution in [2.24, 2.45) is 0 Å². The molecule has 16 heteroatoms. The molecule has 0 unspecified atom stereocenters. The van der Waals surface area contributed by atoms with Gasteiger partial charge in [0.2, 0.25) is 10.6 Å². The second-order valence-electron chi connectivity index (χ2n) is 8.45. The van der Waals surface area contributed by atoms with E-state index >= 15 is 0 Å². The first-order valence-electron chi connectivity index (χ1n) is 10.7. The van der Waals surface area contributed by atoms with Gasteiger partial charge in [0.1, 0.15) is 18.3 Å². The van der Waals surface area contributed by atoms with Crippen LogP contribution in [0.15, 0.2) is 6.33 Å². The molecule has 14 nitrogen and oxygen atoms in total. The number of aliphatic hydroxyl groups is 4. The number of rotatable bonds is 9. The minimum atomic E-state index is -5.09. The molecule has 0 radical (unpaired) electrons. The van der Waals surface area contributed by atoms with Crippen molar-refractivity contribution in [3.63, 3.8) is 0 Å². The standard InChI is InChI=1S/C18H27ClN5O9P/c19-17-22-14(21-9-3-1-2-4-9)11-15(23-17)24(8-20-11)16-13(28)12(27)10(33-16)5-32-18(6-25,7-26)34(29,30)31/h8-10,12-13,16,25-28H,1-7H2,(H,21,22,23)(H2,29,30,31)/t10-,12-,13-,16-/m1/s1. The zero-order chi connectivity index (χ0) is 24.7. The van der Waals surface area contributed by atoms with Gasteiger partial charge in [-0.2, -0.15) is 9.97 Å². The van der Waals surface area contributed by atoms with Gasteiger partial charge in [-0.3, -0.25) is 9.13 Å². The van der Waals surface area contributed by atoms with E-state index in [1.54, 1.807) is 0 Å². The summed E-state index contributed by atoms with van der Waals surface area (Å²) >= 11 is 6.12. The Morgan fingerprint density at radius 2 is 1.88 bits per heavy atom. The SMILES string of the molecule is O=P(O)(O)C(CO)(CO)OC[C@H]1O[C@@H](n2cnc3c(NC4CCCC4)nc(Cl)nc32)[C@H](O)[C@@H]1O. The Balaban J connectivity index is 1.56. The van der Waals surface area contributed by atoms with E-state index in [1.165, 1.54) is 10.9 Å². The number of aromatic nitrogens is 4. The lowest BCUT2D eigenvalue weighted by Crippen LogP contribution is -2.44. The molecule has 2 aromatic heterocycles. The predicted molar refractivity (Wildman–Crippen MR) is 117 cm³/mol. The highest BCUT2D eigenvalue weighted by molar-refractivity contribution is 7.53. The van der Waals surface area contributed by atoms with Gasteiger partial charge in [0.25, 0.3) is 0 Å². The molecule has 4 rings (SSSR count). The van der Waals surface area contributed by atoms with Crippen molar-refractivity contribution in [3.05, 3.63) is 11.6 Å². The summed E-state index contributed by atoms with van der Waals surface area (Å²) in [6.45, 7) is -3.00. The topological polar surface area (TPSA) is 213 Å². The zero-order valence-corrected chi connectivity index (χ0v) is 19.6. The maximum absolute atomic E-state index is 11.7. The molecule has 7 N–H and O–H groups in total. The van der Waals surface area contributed by atoms with E-state index < -0.39 is 57.3 Å². The first-order valence-corrected chi connectivity index (χ1v) is 12.7. The number of imidazole rings is 1. The number of nitrogens with zero attached hydrogens (tertiary/aromatic N) is 4. The summed E-state index contributed by atoms with van der Waals surface area (Å²) in [7, 11) is -5.09. The molecule has 2 aliphatic rings. The number of anilines is 1. The monoisotopic (exact) mass is 523 g/mol. The fraction of sp³-hybridized carbons (Fsp3) is 0.722. The molecule has 34 heavy (non-hydrogen) atoms. The van der Waals surface area contributed by atoms with Crippen LogP contribution in [0, 0.1) is 0 Å². The van der Waals surface area contributed by atoms with E-state index in [-0.39, 0.29) is 17.0 Å². The van der Waals surface area contributed by atoms with Gasteiger partial charge in [0.15, 0.2) is 23.2 Å². The minimum absolute atomic E-state index is 0.0556. The molecule has 0 bridgehead atoms. The number of hydrogen-bond acceptors (Lipinski definition) is 11. The number of ether oxygens (including phenoxy) is 2. The summed E-state index contributed by atoms with van der Waals surface area (Å²) in [6.07, 6.45) is 0.0735. The molecule has 0 amide bonds. The average Bonchev–Trinajstić information content (AvgIpc) is 3.50. The minimum Gasteiger partial charge on any atom is -0.393 e. The number of nitrogens with one attached hydrogen (secondary N) is 1. The number of aliphatic hydroxyl groups excluding tert-OH is 4. The van der Waals surface area contributed by atoms with Crippen LogP contribution >= 0.6 is 19.2 Å². The lowest BCUT2D eigenvalue weighted by Gasteiger charge is -2.31. The van der Waals surface area contributed by atoms with Crippen LogP contribution in [0.25, 0.3) is 11.2 Å². The highest BCUT2D eigenvalue weighted by Gasteiger charge is 2.51. The van der Waals surface area contributed by atoms with Gasteiger partial charge in [-0.1, -0.05) is 12.8 Å². The molecule has 1 saturated carbocycles. The molecule has 2 aromatic rings. The van der Waals surface area contributed by atoms with Gasteiger partial charge in [-0.05, 0) is 24.4 Å². The van der Waals surface area contributed by atoms with E-state index in [9.17, 15) is 34.8 Å². The molecule has 190 valence electrons.